The van der Waals surface area contributed by atoms with E-state index >= 15 is 0 Å². The van der Waals surface area contributed by atoms with Crippen molar-refractivity contribution in [3.8, 4) is 0 Å². The molecule has 1 aliphatic rings. The lowest BCUT2D eigenvalue weighted by Crippen LogP contribution is -2.48. The molecule has 1 fully saturated rings. The molecule has 0 radical (unpaired) electrons. The summed E-state index contributed by atoms with van der Waals surface area (Å²) >= 11 is 0. The molecule has 0 spiro atoms. The molecule has 102 valence electrons. The Morgan fingerprint density at radius 1 is 1.35 bits per heavy atom. The maximum Gasteiger partial charge on any atom is 0.281 e. The number of nitrogens with zero attached hydrogens (tertiary/aromatic N) is 2. The lowest BCUT2D eigenvalue weighted by Gasteiger charge is -2.33. The maximum atomic E-state index is 11.9. The van der Waals surface area contributed by atoms with E-state index in [1.54, 1.807) is 25.5 Å². The van der Waals surface area contributed by atoms with Gasteiger partial charge in [-0.25, -0.2) is 0 Å². The largest absolute Gasteiger partial charge is 0.383 e. The van der Waals surface area contributed by atoms with Gasteiger partial charge in [-0.2, -0.15) is 17.0 Å². The Hall–Kier alpha value is -0.210. The van der Waals surface area contributed by atoms with Crippen LogP contribution in [0, 0.1) is 0 Å². The third-order valence-corrected chi connectivity index (χ3v) is 4.92. The molecule has 0 amide bonds. The van der Waals surface area contributed by atoms with Gasteiger partial charge in [0.25, 0.3) is 10.2 Å². The topological polar surface area (TPSA) is 61.9 Å². The molecule has 0 bridgehead atoms. The van der Waals surface area contributed by atoms with Gasteiger partial charge in [-0.15, -0.1) is 0 Å². The molecule has 1 saturated heterocycles. The van der Waals surface area contributed by atoms with Gasteiger partial charge in [-0.1, -0.05) is 0 Å². The van der Waals surface area contributed by atoms with Gasteiger partial charge in [-0.3, -0.25) is 0 Å². The fourth-order valence-electron chi connectivity index (χ4n) is 1.89. The van der Waals surface area contributed by atoms with E-state index in [0.29, 0.717) is 25.7 Å². The first-order valence-electron chi connectivity index (χ1n) is 5.88. The molecule has 7 heteroatoms. The summed E-state index contributed by atoms with van der Waals surface area (Å²) in [4.78, 5) is 0. The van der Waals surface area contributed by atoms with Crippen molar-refractivity contribution < 1.29 is 13.2 Å². The van der Waals surface area contributed by atoms with Crippen LogP contribution in [0.3, 0.4) is 0 Å². The fraction of sp³-hybridized carbons (Fsp3) is 1.00. The van der Waals surface area contributed by atoms with Crippen molar-refractivity contribution in [2.45, 2.75) is 18.9 Å². The number of methoxy groups -OCH3 is 1. The van der Waals surface area contributed by atoms with Gasteiger partial charge >= 0.3 is 0 Å². The van der Waals surface area contributed by atoms with E-state index in [-0.39, 0.29) is 0 Å². The van der Waals surface area contributed by atoms with Gasteiger partial charge in [-0.05, 0) is 12.8 Å². The molecule has 1 heterocycles. The zero-order valence-electron chi connectivity index (χ0n) is 10.8. The van der Waals surface area contributed by atoms with E-state index in [2.05, 4.69) is 5.32 Å². The first-order chi connectivity index (χ1) is 7.98. The van der Waals surface area contributed by atoms with E-state index in [4.69, 9.17) is 4.74 Å². The number of piperidine rings is 1. The average molecular weight is 265 g/mol. The van der Waals surface area contributed by atoms with Crippen LogP contribution >= 0.6 is 0 Å². The van der Waals surface area contributed by atoms with Crippen molar-refractivity contribution in [3.63, 3.8) is 0 Å². The number of rotatable bonds is 6. The molecular formula is C10H23N3O3S. The van der Waals surface area contributed by atoms with Crippen molar-refractivity contribution in [1.29, 1.82) is 0 Å². The Kier molecular flexibility index (Phi) is 5.81. The zero-order valence-corrected chi connectivity index (χ0v) is 11.7. The van der Waals surface area contributed by atoms with Gasteiger partial charge in [0.15, 0.2) is 0 Å². The summed E-state index contributed by atoms with van der Waals surface area (Å²) in [5.74, 6) is 0. The Morgan fingerprint density at radius 3 is 2.41 bits per heavy atom. The number of ether oxygens (including phenoxy) is 1. The lowest BCUT2D eigenvalue weighted by molar-refractivity contribution is 0.188. The van der Waals surface area contributed by atoms with Crippen LogP contribution in [-0.2, 0) is 14.9 Å². The second-order valence-electron chi connectivity index (χ2n) is 4.41. The fourth-order valence-corrected chi connectivity index (χ4v) is 3.02. The second-order valence-corrected chi connectivity index (χ2v) is 6.55. The normalized spacial score (nSPS) is 20.0. The molecule has 0 aromatic carbocycles. The monoisotopic (exact) mass is 265 g/mol. The van der Waals surface area contributed by atoms with Gasteiger partial charge in [0, 0.05) is 46.9 Å². The quantitative estimate of drug-likeness (QED) is 0.657. The molecule has 0 aromatic heterocycles. The molecule has 0 aliphatic carbocycles. The first-order valence-corrected chi connectivity index (χ1v) is 7.28. The Morgan fingerprint density at radius 2 is 1.94 bits per heavy atom. The van der Waals surface area contributed by atoms with E-state index in [9.17, 15) is 8.42 Å². The molecule has 17 heavy (non-hydrogen) atoms. The van der Waals surface area contributed by atoms with Crippen LogP contribution in [0.5, 0.6) is 0 Å². The Balaban J connectivity index is 2.36. The minimum absolute atomic E-state index is 0.402. The van der Waals surface area contributed by atoms with Crippen LogP contribution in [-0.4, -0.2) is 70.5 Å². The van der Waals surface area contributed by atoms with E-state index in [1.165, 1.54) is 4.31 Å². The third kappa shape index (κ3) is 4.18. The molecular weight excluding hydrogens is 242 g/mol. The summed E-state index contributed by atoms with van der Waals surface area (Å²) in [6.07, 6.45) is 1.72. The summed E-state index contributed by atoms with van der Waals surface area (Å²) in [5, 5.41) is 3.36. The van der Waals surface area contributed by atoms with Crippen molar-refractivity contribution >= 4 is 10.2 Å². The van der Waals surface area contributed by atoms with Gasteiger partial charge in [0.2, 0.25) is 0 Å². The van der Waals surface area contributed by atoms with Crippen LogP contribution in [0.4, 0.5) is 0 Å². The summed E-state index contributed by atoms with van der Waals surface area (Å²) < 4.78 is 31.5. The predicted molar refractivity (Wildman–Crippen MR) is 67.1 cm³/mol. The van der Waals surface area contributed by atoms with Crippen LogP contribution in [0.2, 0.25) is 0 Å². The minimum atomic E-state index is -3.23. The smallest absolute Gasteiger partial charge is 0.281 e. The molecule has 1 N–H and O–H groups in total. The highest BCUT2D eigenvalue weighted by Gasteiger charge is 2.28. The minimum Gasteiger partial charge on any atom is -0.383 e. The van der Waals surface area contributed by atoms with E-state index in [0.717, 1.165) is 19.4 Å². The van der Waals surface area contributed by atoms with Crippen LogP contribution in [0.25, 0.3) is 0 Å². The first kappa shape index (κ1) is 14.8. The zero-order chi connectivity index (χ0) is 12.9. The second kappa shape index (κ2) is 6.65. The van der Waals surface area contributed by atoms with Crippen LogP contribution < -0.4 is 5.32 Å². The summed E-state index contributed by atoms with van der Waals surface area (Å²) in [5.41, 5.74) is 0. The maximum absolute atomic E-state index is 11.9. The van der Waals surface area contributed by atoms with Crippen LogP contribution in [0.1, 0.15) is 12.8 Å². The molecule has 1 rings (SSSR count). The highest BCUT2D eigenvalue weighted by Crippen LogP contribution is 2.15. The Bertz CT molecular complexity index is 311. The number of hydrogen-bond acceptors (Lipinski definition) is 4. The van der Waals surface area contributed by atoms with Gasteiger partial charge in [0.1, 0.15) is 0 Å². The standard InChI is InChI=1S/C10H23N3O3S/c1-12(2)17(14,15)13-7-4-10(5-8-13)11-6-9-16-3/h10-11H,4-9H2,1-3H3. The van der Waals surface area contributed by atoms with E-state index < -0.39 is 10.2 Å². The van der Waals surface area contributed by atoms with Crippen molar-refractivity contribution in [3.05, 3.63) is 0 Å². The lowest BCUT2D eigenvalue weighted by atomic mass is 10.1. The molecule has 0 aromatic rings. The summed E-state index contributed by atoms with van der Waals surface area (Å²) in [7, 11) is 1.58. The highest BCUT2D eigenvalue weighted by atomic mass is 32.2. The summed E-state index contributed by atoms with van der Waals surface area (Å²) in [6, 6.07) is 0.402. The van der Waals surface area contributed by atoms with E-state index in [1.807, 2.05) is 0 Å². The van der Waals surface area contributed by atoms with Crippen molar-refractivity contribution in [2.24, 2.45) is 0 Å². The van der Waals surface area contributed by atoms with Crippen LogP contribution in [0.15, 0.2) is 0 Å². The molecule has 0 saturated carbocycles. The van der Waals surface area contributed by atoms with Gasteiger partial charge < -0.3 is 10.1 Å². The molecule has 0 atom stereocenters. The number of nitrogens with one attached hydrogen (secondary N) is 1. The molecule has 1 aliphatic heterocycles. The average Bonchev–Trinajstić information content (AvgIpc) is 2.30. The highest BCUT2D eigenvalue weighted by molar-refractivity contribution is 7.86. The summed E-state index contributed by atoms with van der Waals surface area (Å²) in [6.45, 7) is 2.69. The van der Waals surface area contributed by atoms with Crippen molar-refractivity contribution in [1.82, 2.24) is 13.9 Å². The van der Waals surface area contributed by atoms with Crippen molar-refractivity contribution in [2.75, 3.05) is 47.4 Å². The molecule has 6 nitrogen and oxygen atoms in total. The third-order valence-electron chi connectivity index (χ3n) is 2.98. The molecule has 0 unspecified atom stereocenters. The van der Waals surface area contributed by atoms with Gasteiger partial charge in [0.05, 0.1) is 6.61 Å². The predicted octanol–water partition coefficient (Wildman–Crippen LogP) is -0.507. The SMILES string of the molecule is COCCNC1CCN(S(=O)(=O)N(C)C)CC1. The number of hydrogen-bond donors (Lipinski definition) is 1. The Labute approximate surface area is 104 Å².